The predicted molar refractivity (Wildman–Crippen MR) is 58.6 cm³/mol. The molecule has 0 saturated carbocycles. The van der Waals surface area contributed by atoms with Crippen molar-refractivity contribution in [3.05, 3.63) is 41.7 Å². The van der Waals surface area contributed by atoms with Crippen molar-refractivity contribution < 1.29 is 9.18 Å². The molecule has 0 aliphatic rings. The third-order valence-electron chi connectivity index (χ3n) is 1.57. The summed E-state index contributed by atoms with van der Waals surface area (Å²) in [5, 5.41) is 0.0248. The summed E-state index contributed by atoms with van der Waals surface area (Å²) in [6, 6.07) is 6.01. The van der Waals surface area contributed by atoms with E-state index in [2.05, 4.69) is 0 Å². The van der Waals surface area contributed by atoms with Crippen molar-refractivity contribution in [3.63, 3.8) is 0 Å². The van der Waals surface area contributed by atoms with Gasteiger partial charge in [0, 0.05) is 0 Å². The fourth-order valence-corrected chi connectivity index (χ4v) is 1.38. The molecule has 0 aromatic heterocycles. The maximum atomic E-state index is 12.5. The monoisotopic (exact) mass is 210 g/mol. The minimum absolute atomic E-state index is 0.0248. The number of thioether (sulfide) groups is 1. The summed E-state index contributed by atoms with van der Waals surface area (Å²) >= 11 is 1.25. The van der Waals surface area contributed by atoms with Gasteiger partial charge in [0.05, 0.1) is 0 Å². The predicted octanol–water partition coefficient (Wildman–Crippen LogP) is 3.12. The average Bonchev–Trinajstić information content (AvgIpc) is 2.17. The minimum atomic E-state index is -0.267. The maximum Gasteiger partial charge on any atom is 0.212 e. The summed E-state index contributed by atoms with van der Waals surface area (Å²) in [7, 11) is 0. The Labute approximate surface area is 87.0 Å². The second-order valence-electron chi connectivity index (χ2n) is 2.64. The highest BCUT2D eigenvalue weighted by atomic mass is 32.2. The van der Waals surface area contributed by atoms with Gasteiger partial charge in [-0.25, -0.2) is 4.39 Å². The van der Waals surface area contributed by atoms with Gasteiger partial charge in [-0.05, 0) is 29.5 Å². The molecule has 0 radical (unpaired) electrons. The quantitative estimate of drug-likeness (QED) is 0.713. The van der Waals surface area contributed by atoms with Crippen molar-refractivity contribution in [1.29, 1.82) is 0 Å². The second-order valence-corrected chi connectivity index (χ2v) is 3.91. The van der Waals surface area contributed by atoms with Gasteiger partial charge in [0.15, 0.2) is 0 Å². The molecule has 0 amide bonds. The van der Waals surface area contributed by atoms with Crippen molar-refractivity contribution in [3.8, 4) is 0 Å². The standard InChI is InChI=1S/C11H11FOS/c1-2-14-11(13)8-5-9-3-6-10(12)7-4-9/h3-8H,2H2,1H3/b8-5+. The molecule has 0 atom stereocenters. The Morgan fingerprint density at radius 3 is 2.64 bits per heavy atom. The highest BCUT2D eigenvalue weighted by Crippen LogP contribution is 2.07. The Morgan fingerprint density at radius 1 is 1.43 bits per heavy atom. The van der Waals surface area contributed by atoms with Gasteiger partial charge in [-0.3, -0.25) is 4.79 Å². The molecule has 1 aromatic rings. The number of hydrogen-bond donors (Lipinski definition) is 0. The van der Waals surface area contributed by atoms with Crippen molar-refractivity contribution in [2.45, 2.75) is 6.92 Å². The van der Waals surface area contributed by atoms with E-state index < -0.39 is 0 Å². The molecule has 0 unspecified atom stereocenters. The molecular weight excluding hydrogens is 199 g/mol. The number of benzene rings is 1. The van der Waals surface area contributed by atoms with E-state index >= 15 is 0 Å². The summed E-state index contributed by atoms with van der Waals surface area (Å²) in [6.07, 6.45) is 3.19. The Hall–Kier alpha value is -1.09. The fraction of sp³-hybridized carbons (Fsp3) is 0.182. The second kappa shape index (κ2) is 5.60. The van der Waals surface area contributed by atoms with Crippen molar-refractivity contribution in [2.24, 2.45) is 0 Å². The Kier molecular flexibility index (Phi) is 4.40. The van der Waals surface area contributed by atoms with Crippen LogP contribution in [-0.2, 0) is 4.79 Å². The maximum absolute atomic E-state index is 12.5. The number of halogens is 1. The smallest absolute Gasteiger partial charge is 0.212 e. The highest BCUT2D eigenvalue weighted by molar-refractivity contribution is 8.14. The molecule has 0 bridgehead atoms. The van der Waals surface area contributed by atoms with E-state index in [0.717, 1.165) is 11.3 Å². The largest absolute Gasteiger partial charge is 0.282 e. The molecule has 1 nitrogen and oxygen atoms in total. The fourth-order valence-electron chi connectivity index (χ4n) is 0.929. The number of carbonyl (C=O) groups excluding carboxylic acids is 1. The average molecular weight is 210 g/mol. The van der Waals surface area contributed by atoms with Gasteiger partial charge < -0.3 is 0 Å². The lowest BCUT2D eigenvalue weighted by Crippen LogP contribution is -1.84. The molecule has 3 heteroatoms. The van der Waals surface area contributed by atoms with E-state index in [0.29, 0.717) is 0 Å². The Bertz CT molecular complexity index is 330. The van der Waals surface area contributed by atoms with Gasteiger partial charge >= 0.3 is 0 Å². The Morgan fingerprint density at radius 2 is 2.07 bits per heavy atom. The zero-order chi connectivity index (χ0) is 10.4. The van der Waals surface area contributed by atoms with Crippen LogP contribution in [-0.4, -0.2) is 10.9 Å². The summed E-state index contributed by atoms with van der Waals surface area (Å²) in [6.45, 7) is 1.92. The molecule has 14 heavy (non-hydrogen) atoms. The third kappa shape index (κ3) is 3.75. The van der Waals surface area contributed by atoms with Gasteiger partial charge in [-0.15, -0.1) is 0 Å². The van der Waals surface area contributed by atoms with E-state index in [9.17, 15) is 9.18 Å². The van der Waals surface area contributed by atoms with Crippen LogP contribution in [0.1, 0.15) is 12.5 Å². The molecule has 1 aromatic carbocycles. The van der Waals surface area contributed by atoms with Gasteiger partial charge in [0.1, 0.15) is 5.82 Å². The van der Waals surface area contributed by atoms with Crippen LogP contribution in [0.3, 0.4) is 0 Å². The van der Waals surface area contributed by atoms with E-state index in [1.54, 1.807) is 18.2 Å². The van der Waals surface area contributed by atoms with Crippen LogP contribution in [0.5, 0.6) is 0 Å². The zero-order valence-corrected chi connectivity index (χ0v) is 8.68. The first-order valence-electron chi connectivity index (χ1n) is 4.33. The SMILES string of the molecule is CCSC(=O)/C=C/c1ccc(F)cc1. The summed E-state index contributed by atoms with van der Waals surface area (Å²) < 4.78 is 12.5. The number of rotatable bonds is 3. The first kappa shape index (κ1) is 11.0. The first-order valence-corrected chi connectivity index (χ1v) is 5.31. The van der Waals surface area contributed by atoms with Crippen LogP contribution in [0.15, 0.2) is 30.3 Å². The van der Waals surface area contributed by atoms with Crippen LogP contribution in [0, 0.1) is 5.82 Å². The molecule has 74 valence electrons. The van der Waals surface area contributed by atoms with Gasteiger partial charge in [-0.1, -0.05) is 36.9 Å². The molecule has 0 saturated heterocycles. The third-order valence-corrected chi connectivity index (χ3v) is 2.28. The van der Waals surface area contributed by atoms with Gasteiger partial charge in [-0.2, -0.15) is 0 Å². The van der Waals surface area contributed by atoms with Crippen LogP contribution >= 0.6 is 11.8 Å². The number of hydrogen-bond acceptors (Lipinski definition) is 2. The molecule has 0 N–H and O–H groups in total. The van der Waals surface area contributed by atoms with Crippen LogP contribution in [0.25, 0.3) is 6.08 Å². The van der Waals surface area contributed by atoms with Crippen LogP contribution < -0.4 is 0 Å². The van der Waals surface area contributed by atoms with Crippen molar-refractivity contribution in [1.82, 2.24) is 0 Å². The lowest BCUT2D eigenvalue weighted by Gasteiger charge is -1.92. The van der Waals surface area contributed by atoms with Crippen molar-refractivity contribution >= 4 is 23.0 Å². The van der Waals surface area contributed by atoms with Gasteiger partial charge in [0.2, 0.25) is 5.12 Å². The molecular formula is C11H11FOS. The van der Waals surface area contributed by atoms with Gasteiger partial charge in [0.25, 0.3) is 0 Å². The van der Waals surface area contributed by atoms with Crippen LogP contribution in [0.4, 0.5) is 4.39 Å². The van der Waals surface area contributed by atoms with Crippen molar-refractivity contribution in [2.75, 3.05) is 5.75 Å². The molecule has 0 fully saturated rings. The highest BCUT2D eigenvalue weighted by Gasteiger charge is 1.94. The molecule has 1 rings (SSSR count). The number of carbonyl (C=O) groups is 1. The lowest BCUT2D eigenvalue weighted by molar-refractivity contribution is -0.106. The summed E-state index contributed by atoms with van der Waals surface area (Å²) in [4.78, 5) is 11.1. The van der Waals surface area contributed by atoms with Crippen LogP contribution in [0.2, 0.25) is 0 Å². The van der Waals surface area contributed by atoms with E-state index in [1.807, 2.05) is 6.92 Å². The van der Waals surface area contributed by atoms with E-state index in [1.165, 1.54) is 30.0 Å². The topological polar surface area (TPSA) is 17.1 Å². The molecule has 0 aliphatic heterocycles. The summed E-state index contributed by atoms with van der Waals surface area (Å²) in [5.74, 6) is 0.503. The Balaban J connectivity index is 2.60. The first-order chi connectivity index (χ1) is 6.72. The zero-order valence-electron chi connectivity index (χ0n) is 7.87. The molecule has 0 spiro atoms. The lowest BCUT2D eigenvalue weighted by atomic mass is 10.2. The molecule has 0 aliphatic carbocycles. The normalized spacial score (nSPS) is 10.7. The minimum Gasteiger partial charge on any atom is -0.282 e. The molecule has 0 heterocycles. The summed E-state index contributed by atoms with van der Waals surface area (Å²) in [5.41, 5.74) is 0.830. The van der Waals surface area contributed by atoms with E-state index in [-0.39, 0.29) is 10.9 Å². The van der Waals surface area contributed by atoms with E-state index in [4.69, 9.17) is 0 Å².